The monoisotopic (exact) mass is 539 g/mol. The number of nitrogens with one attached hydrogen (secondary N) is 1. The number of halogens is 1. The number of ether oxygens (including phenoxy) is 1. The molecule has 4 rings (SSSR count). The van der Waals surface area contributed by atoms with Gasteiger partial charge < -0.3 is 9.15 Å². The Kier molecular flexibility index (Phi) is 8.12. The molecule has 1 N–H and O–H groups in total. The molecule has 1 aromatic heterocycles. The van der Waals surface area contributed by atoms with E-state index in [2.05, 4.69) is 4.72 Å². The van der Waals surface area contributed by atoms with E-state index in [1.165, 1.54) is 24.3 Å². The number of fused-ring (bicyclic) bond motifs is 1. The SMILES string of the molecule is CCCc1cc(=O)oc2cc(OC(=O)[C@@H](Cc3ccccc3)NS(=O)(=O)c3ccc(C)cc3)c(Cl)cc12. The summed E-state index contributed by atoms with van der Waals surface area (Å²) in [4.78, 5) is 25.4. The first-order valence-electron chi connectivity index (χ1n) is 11.8. The Hall–Kier alpha value is -3.46. The van der Waals surface area contributed by atoms with Crippen LogP contribution in [0.5, 0.6) is 5.75 Å². The van der Waals surface area contributed by atoms with Crippen molar-refractivity contribution >= 4 is 38.6 Å². The highest BCUT2D eigenvalue weighted by Crippen LogP contribution is 2.32. The van der Waals surface area contributed by atoms with Crippen molar-refractivity contribution in [3.8, 4) is 5.75 Å². The van der Waals surface area contributed by atoms with Gasteiger partial charge in [0.25, 0.3) is 0 Å². The zero-order chi connectivity index (χ0) is 26.6. The average Bonchev–Trinajstić information content (AvgIpc) is 2.85. The molecule has 0 fully saturated rings. The van der Waals surface area contributed by atoms with Gasteiger partial charge in [-0.25, -0.2) is 18.0 Å². The van der Waals surface area contributed by atoms with Gasteiger partial charge in [0.05, 0.1) is 9.92 Å². The van der Waals surface area contributed by atoms with Crippen LogP contribution >= 0.6 is 11.6 Å². The van der Waals surface area contributed by atoms with Gasteiger partial charge >= 0.3 is 11.6 Å². The van der Waals surface area contributed by atoms with Crippen molar-refractivity contribution in [1.29, 1.82) is 0 Å². The Morgan fingerprint density at radius 2 is 1.76 bits per heavy atom. The molecule has 192 valence electrons. The number of hydrogen-bond donors (Lipinski definition) is 1. The van der Waals surface area contributed by atoms with Gasteiger partial charge in [-0.1, -0.05) is 73.0 Å². The van der Waals surface area contributed by atoms with Crippen molar-refractivity contribution in [2.24, 2.45) is 0 Å². The lowest BCUT2D eigenvalue weighted by molar-refractivity contribution is -0.136. The number of sulfonamides is 1. The molecule has 0 bridgehead atoms. The number of carbonyl (C=O) groups excluding carboxylic acids is 1. The van der Waals surface area contributed by atoms with Crippen LogP contribution in [0.3, 0.4) is 0 Å². The summed E-state index contributed by atoms with van der Waals surface area (Å²) in [6, 6.07) is 18.4. The van der Waals surface area contributed by atoms with Crippen molar-refractivity contribution in [1.82, 2.24) is 4.72 Å². The molecule has 7 nitrogen and oxygen atoms in total. The van der Waals surface area contributed by atoms with Crippen LogP contribution in [-0.2, 0) is 27.7 Å². The molecular weight excluding hydrogens is 514 g/mol. The smallest absolute Gasteiger partial charge is 0.336 e. The molecular formula is C28H26ClNO6S. The molecule has 0 unspecified atom stereocenters. The number of hydrogen-bond acceptors (Lipinski definition) is 6. The van der Waals surface area contributed by atoms with Crippen LogP contribution in [-0.4, -0.2) is 20.4 Å². The standard InChI is InChI=1S/C28H26ClNO6S/c1-3-7-20-15-27(31)35-25-17-26(23(29)16-22(20)25)36-28(32)24(14-19-8-5-4-6-9-19)30-37(33,34)21-12-10-18(2)11-13-21/h4-6,8-13,15-17,24,30H,3,7,14H2,1-2H3/t24-/m1/s1. The third kappa shape index (κ3) is 6.46. The van der Waals surface area contributed by atoms with Gasteiger partial charge in [0.2, 0.25) is 10.0 Å². The van der Waals surface area contributed by atoms with Gasteiger partial charge in [0.15, 0.2) is 5.75 Å². The van der Waals surface area contributed by atoms with Gasteiger partial charge in [-0.2, -0.15) is 4.72 Å². The third-order valence-electron chi connectivity index (χ3n) is 5.81. The second-order valence-electron chi connectivity index (χ2n) is 8.72. The molecule has 3 aromatic carbocycles. The van der Waals surface area contributed by atoms with Crippen LogP contribution in [0.1, 0.15) is 30.0 Å². The minimum Gasteiger partial charge on any atom is -0.424 e. The largest absolute Gasteiger partial charge is 0.424 e. The lowest BCUT2D eigenvalue weighted by atomic mass is 10.1. The molecule has 1 heterocycles. The number of rotatable bonds is 9. The van der Waals surface area contributed by atoms with E-state index in [1.807, 2.05) is 19.9 Å². The molecule has 0 saturated heterocycles. The van der Waals surface area contributed by atoms with Crippen molar-refractivity contribution in [2.75, 3.05) is 0 Å². The molecule has 0 aliphatic carbocycles. The number of benzene rings is 3. The van der Waals surface area contributed by atoms with Gasteiger partial charge in [-0.3, -0.25) is 0 Å². The fraction of sp³-hybridized carbons (Fsp3) is 0.214. The zero-order valence-corrected chi connectivity index (χ0v) is 21.9. The van der Waals surface area contributed by atoms with E-state index in [9.17, 15) is 18.0 Å². The van der Waals surface area contributed by atoms with Crippen molar-refractivity contribution in [3.63, 3.8) is 0 Å². The van der Waals surface area contributed by atoms with E-state index in [-0.39, 0.29) is 27.7 Å². The van der Waals surface area contributed by atoms with Gasteiger partial charge in [-0.15, -0.1) is 0 Å². The number of esters is 1. The summed E-state index contributed by atoms with van der Waals surface area (Å²) in [5.74, 6) is -0.892. The minimum atomic E-state index is -4.04. The molecule has 1 atom stereocenters. The van der Waals surface area contributed by atoms with E-state index in [0.717, 1.165) is 23.1 Å². The molecule has 0 aliphatic rings. The first-order chi connectivity index (χ1) is 17.7. The molecule has 9 heteroatoms. The molecule has 0 saturated carbocycles. The lowest BCUT2D eigenvalue weighted by Gasteiger charge is -2.19. The van der Waals surface area contributed by atoms with Crippen LogP contribution in [0.4, 0.5) is 0 Å². The maximum absolute atomic E-state index is 13.3. The van der Waals surface area contributed by atoms with Gasteiger partial charge in [0, 0.05) is 17.5 Å². The highest BCUT2D eigenvalue weighted by atomic mass is 35.5. The van der Waals surface area contributed by atoms with E-state index >= 15 is 0 Å². The van der Waals surface area contributed by atoms with Gasteiger partial charge in [-0.05, 0) is 49.1 Å². The quantitative estimate of drug-likeness (QED) is 0.178. The molecule has 0 radical (unpaired) electrons. The Morgan fingerprint density at radius 1 is 1.05 bits per heavy atom. The summed E-state index contributed by atoms with van der Waals surface area (Å²) in [5.41, 5.74) is 2.11. The zero-order valence-electron chi connectivity index (χ0n) is 20.4. The van der Waals surface area contributed by atoms with Crippen molar-refractivity contribution in [3.05, 3.63) is 105 Å². The highest BCUT2D eigenvalue weighted by Gasteiger charge is 2.28. The average molecular weight is 540 g/mol. The maximum Gasteiger partial charge on any atom is 0.336 e. The van der Waals surface area contributed by atoms with Crippen molar-refractivity contribution < 1.29 is 22.4 Å². The van der Waals surface area contributed by atoms with E-state index in [0.29, 0.717) is 11.8 Å². The van der Waals surface area contributed by atoms with Crippen LogP contribution in [0.2, 0.25) is 5.02 Å². The summed E-state index contributed by atoms with van der Waals surface area (Å²) < 4.78 is 39.5. The predicted molar refractivity (Wildman–Crippen MR) is 143 cm³/mol. The molecule has 37 heavy (non-hydrogen) atoms. The minimum absolute atomic E-state index is 0.0259. The topological polar surface area (TPSA) is 103 Å². The summed E-state index contributed by atoms with van der Waals surface area (Å²) >= 11 is 6.43. The van der Waals surface area contributed by atoms with Crippen LogP contribution in [0.15, 0.2) is 86.9 Å². The highest BCUT2D eigenvalue weighted by molar-refractivity contribution is 7.89. The van der Waals surface area contributed by atoms with Crippen LogP contribution < -0.4 is 15.1 Å². The summed E-state index contributed by atoms with van der Waals surface area (Å²) in [6.07, 6.45) is 1.51. The fourth-order valence-electron chi connectivity index (χ4n) is 3.96. The Morgan fingerprint density at radius 3 is 2.43 bits per heavy atom. The second kappa shape index (κ2) is 11.3. The number of aryl methyl sites for hydroxylation is 2. The lowest BCUT2D eigenvalue weighted by Crippen LogP contribution is -2.44. The summed E-state index contributed by atoms with van der Waals surface area (Å²) in [7, 11) is -4.04. The molecule has 0 amide bonds. The Balaban J connectivity index is 1.67. The first-order valence-corrected chi connectivity index (χ1v) is 13.6. The van der Waals surface area contributed by atoms with Crippen LogP contribution in [0, 0.1) is 6.92 Å². The van der Waals surface area contributed by atoms with Gasteiger partial charge in [0.1, 0.15) is 11.6 Å². The molecule has 0 aliphatic heterocycles. The second-order valence-corrected chi connectivity index (χ2v) is 10.8. The summed E-state index contributed by atoms with van der Waals surface area (Å²) in [5, 5.41) is 0.777. The first kappa shape index (κ1) is 26.6. The van der Waals surface area contributed by atoms with E-state index < -0.39 is 27.7 Å². The number of carbonyl (C=O) groups is 1. The maximum atomic E-state index is 13.3. The molecule has 4 aromatic rings. The van der Waals surface area contributed by atoms with E-state index in [1.54, 1.807) is 42.5 Å². The normalized spacial score (nSPS) is 12.4. The van der Waals surface area contributed by atoms with Crippen LogP contribution in [0.25, 0.3) is 11.0 Å². The molecule has 0 spiro atoms. The van der Waals surface area contributed by atoms with E-state index in [4.69, 9.17) is 20.8 Å². The van der Waals surface area contributed by atoms with Crippen molar-refractivity contribution in [2.45, 2.75) is 44.0 Å². The third-order valence-corrected chi connectivity index (χ3v) is 7.59. The summed E-state index contributed by atoms with van der Waals surface area (Å²) in [6.45, 7) is 3.84. The Labute approximate surface area is 220 Å². The predicted octanol–water partition coefficient (Wildman–Crippen LogP) is 5.20. The Bertz CT molecular complexity index is 1580. The fourth-order valence-corrected chi connectivity index (χ4v) is 5.34.